The Morgan fingerprint density at radius 1 is 0.961 bits per heavy atom. The van der Waals surface area contributed by atoms with Crippen molar-refractivity contribution in [1.82, 2.24) is 19.4 Å². The number of sulfonamides is 1. The SMILES string of the molecule is CCCN(CCC)c1nn(-c2ccc(C(=O)NS(=O)(=O)c3ccc4cccc(Cl)c4c3)cc2C(=O)N2Cc3ccccc3C[C@H]2CO)c(C)c1Cl. The minimum atomic E-state index is -4.33. The molecule has 0 radical (unpaired) electrons. The van der Waals surface area contributed by atoms with Crippen LogP contribution in [0.25, 0.3) is 16.5 Å². The largest absolute Gasteiger partial charge is 0.394 e. The summed E-state index contributed by atoms with van der Waals surface area (Å²) in [5.74, 6) is -0.794. The number of hydrogen-bond acceptors (Lipinski definition) is 7. The van der Waals surface area contributed by atoms with Crippen LogP contribution < -0.4 is 9.62 Å². The predicted octanol–water partition coefficient (Wildman–Crippen LogP) is 6.95. The van der Waals surface area contributed by atoms with E-state index in [1.807, 2.05) is 24.3 Å². The van der Waals surface area contributed by atoms with Gasteiger partial charge in [0.15, 0.2) is 5.82 Å². The van der Waals surface area contributed by atoms with Gasteiger partial charge in [-0.3, -0.25) is 9.59 Å². The highest BCUT2D eigenvalue weighted by molar-refractivity contribution is 7.90. The second-order valence-electron chi connectivity index (χ2n) is 12.7. The van der Waals surface area contributed by atoms with Gasteiger partial charge in [0.25, 0.3) is 21.8 Å². The molecule has 4 aromatic carbocycles. The van der Waals surface area contributed by atoms with Crippen molar-refractivity contribution in [1.29, 1.82) is 0 Å². The van der Waals surface area contributed by atoms with Gasteiger partial charge in [0.05, 0.1) is 34.5 Å². The van der Waals surface area contributed by atoms with E-state index in [4.69, 9.17) is 28.3 Å². The Morgan fingerprint density at radius 2 is 1.69 bits per heavy atom. The van der Waals surface area contributed by atoms with E-state index in [0.29, 0.717) is 39.1 Å². The maximum absolute atomic E-state index is 14.6. The number of nitrogens with zero attached hydrogens (tertiary/aromatic N) is 4. The van der Waals surface area contributed by atoms with Crippen LogP contribution in [0.2, 0.25) is 10.0 Å². The molecule has 2 amide bonds. The Kier molecular flexibility index (Phi) is 10.7. The highest BCUT2D eigenvalue weighted by Gasteiger charge is 2.33. The molecule has 0 spiro atoms. The van der Waals surface area contributed by atoms with Gasteiger partial charge in [-0.25, -0.2) is 17.8 Å². The normalized spacial score (nSPS) is 14.4. The van der Waals surface area contributed by atoms with Gasteiger partial charge in [0.1, 0.15) is 5.02 Å². The molecule has 51 heavy (non-hydrogen) atoms. The lowest BCUT2D eigenvalue weighted by atomic mass is 9.93. The summed E-state index contributed by atoms with van der Waals surface area (Å²) in [5, 5.41) is 17.4. The number of carbonyl (C=O) groups excluding carboxylic acids is 2. The van der Waals surface area contributed by atoms with Crippen molar-refractivity contribution in [3.63, 3.8) is 0 Å². The molecule has 0 aliphatic carbocycles. The molecular weight excluding hydrogens is 709 g/mol. The molecule has 0 unspecified atom stereocenters. The minimum Gasteiger partial charge on any atom is -0.394 e. The first kappa shape index (κ1) is 36.4. The summed E-state index contributed by atoms with van der Waals surface area (Å²) in [5.41, 5.74) is 2.98. The van der Waals surface area contributed by atoms with Crippen LogP contribution in [0.5, 0.6) is 0 Å². The van der Waals surface area contributed by atoms with Crippen LogP contribution in [0.4, 0.5) is 5.82 Å². The Balaban J connectivity index is 1.42. The second kappa shape index (κ2) is 15.1. The molecule has 0 saturated carbocycles. The van der Waals surface area contributed by atoms with Crippen LogP contribution in [0.15, 0.2) is 83.8 Å². The van der Waals surface area contributed by atoms with Crippen LogP contribution in [-0.2, 0) is 23.0 Å². The number of rotatable bonds is 11. The summed E-state index contributed by atoms with van der Waals surface area (Å²) in [6, 6.07) is 21.3. The first-order chi connectivity index (χ1) is 24.5. The van der Waals surface area contributed by atoms with E-state index in [1.165, 1.54) is 24.3 Å². The zero-order chi connectivity index (χ0) is 36.4. The van der Waals surface area contributed by atoms with E-state index < -0.39 is 27.9 Å². The van der Waals surface area contributed by atoms with Crippen molar-refractivity contribution >= 4 is 61.6 Å². The lowest BCUT2D eigenvalue weighted by molar-refractivity contribution is 0.0544. The molecule has 1 aliphatic heterocycles. The van der Waals surface area contributed by atoms with Crippen LogP contribution in [-0.4, -0.2) is 65.8 Å². The molecule has 1 atom stereocenters. The predicted molar refractivity (Wildman–Crippen MR) is 201 cm³/mol. The van der Waals surface area contributed by atoms with Crippen molar-refractivity contribution in [3.8, 4) is 5.69 Å². The Labute approximate surface area is 307 Å². The van der Waals surface area contributed by atoms with E-state index in [9.17, 15) is 23.1 Å². The van der Waals surface area contributed by atoms with Crippen molar-refractivity contribution in [2.24, 2.45) is 0 Å². The summed E-state index contributed by atoms with van der Waals surface area (Å²) in [7, 11) is -4.33. The van der Waals surface area contributed by atoms with Gasteiger partial charge in [-0.15, -0.1) is 5.10 Å². The van der Waals surface area contributed by atoms with Gasteiger partial charge in [-0.1, -0.05) is 79.5 Å². The van der Waals surface area contributed by atoms with Crippen LogP contribution in [0.1, 0.15) is 64.2 Å². The molecule has 1 aromatic heterocycles. The number of nitrogens with one attached hydrogen (secondary N) is 1. The molecule has 1 aliphatic rings. The lowest BCUT2D eigenvalue weighted by Gasteiger charge is -2.36. The molecule has 2 N–H and O–H groups in total. The maximum Gasteiger partial charge on any atom is 0.265 e. The smallest absolute Gasteiger partial charge is 0.265 e. The number of amides is 2. The van der Waals surface area contributed by atoms with Crippen LogP contribution in [0.3, 0.4) is 0 Å². The van der Waals surface area contributed by atoms with E-state index >= 15 is 0 Å². The van der Waals surface area contributed by atoms with Gasteiger partial charge in [-0.05, 0) is 79.1 Å². The van der Waals surface area contributed by atoms with Gasteiger partial charge in [0, 0.05) is 35.6 Å². The summed E-state index contributed by atoms with van der Waals surface area (Å²) in [6.07, 6.45) is 2.20. The number of aliphatic hydroxyl groups is 1. The number of carbonyl (C=O) groups is 2. The van der Waals surface area contributed by atoms with Crippen molar-refractivity contribution in [2.45, 2.75) is 57.5 Å². The lowest BCUT2D eigenvalue weighted by Crippen LogP contribution is -2.46. The minimum absolute atomic E-state index is 0.0582. The van der Waals surface area contributed by atoms with Crippen LogP contribution >= 0.6 is 23.2 Å². The number of aromatic nitrogens is 2. The van der Waals surface area contributed by atoms with Crippen molar-refractivity contribution in [2.75, 3.05) is 24.6 Å². The molecule has 0 fully saturated rings. The van der Waals surface area contributed by atoms with E-state index in [2.05, 4.69) is 23.5 Å². The maximum atomic E-state index is 14.6. The first-order valence-electron chi connectivity index (χ1n) is 16.9. The molecule has 6 rings (SSSR count). The third kappa shape index (κ3) is 7.21. The summed E-state index contributed by atoms with van der Waals surface area (Å²) >= 11 is 13.2. The van der Waals surface area contributed by atoms with Gasteiger partial charge in [-0.2, -0.15) is 0 Å². The second-order valence-corrected chi connectivity index (χ2v) is 15.1. The Bertz CT molecular complexity index is 2230. The molecule has 5 aromatic rings. The highest BCUT2D eigenvalue weighted by Crippen LogP contribution is 2.33. The van der Waals surface area contributed by atoms with Gasteiger partial charge in [0.2, 0.25) is 0 Å². The Hall–Kier alpha value is -4.42. The molecule has 266 valence electrons. The molecule has 2 heterocycles. The fourth-order valence-electron chi connectivity index (χ4n) is 6.57. The number of hydrogen-bond donors (Lipinski definition) is 2. The summed E-state index contributed by atoms with van der Waals surface area (Å²) in [4.78, 5) is 31.8. The standard InChI is InChI=1S/C38H39Cl2N5O5S/c1-4-17-43(18-5-2)36-35(40)24(3)45(41-36)34-16-14-27(20-32(34)38(48)44-22-28-10-7-6-9-26(28)19-29(44)23-46)37(47)42-51(49,50)30-15-13-25-11-8-12-33(39)31(25)21-30/h6-16,20-21,29,46H,4-5,17-19,22-23H2,1-3H3,(H,42,47)/t29-/m0/s1. The molecule has 0 bridgehead atoms. The fourth-order valence-corrected chi connectivity index (χ4v) is 8.04. The fraction of sp³-hybridized carbons (Fsp3) is 0.289. The zero-order valence-electron chi connectivity index (χ0n) is 28.6. The molecule has 10 nitrogen and oxygen atoms in total. The third-order valence-electron chi connectivity index (χ3n) is 9.20. The number of benzene rings is 4. The van der Waals surface area contributed by atoms with E-state index in [-0.39, 0.29) is 29.2 Å². The highest BCUT2D eigenvalue weighted by atomic mass is 35.5. The average Bonchev–Trinajstić information content (AvgIpc) is 3.43. The van der Waals surface area contributed by atoms with Crippen molar-refractivity contribution in [3.05, 3.63) is 117 Å². The van der Waals surface area contributed by atoms with E-state index in [0.717, 1.165) is 42.4 Å². The number of anilines is 1. The van der Waals surface area contributed by atoms with Crippen molar-refractivity contribution < 1.29 is 23.1 Å². The van der Waals surface area contributed by atoms with E-state index in [1.54, 1.807) is 46.8 Å². The first-order valence-corrected chi connectivity index (χ1v) is 19.1. The van der Waals surface area contributed by atoms with Gasteiger partial charge < -0.3 is 14.9 Å². The van der Waals surface area contributed by atoms with Crippen LogP contribution in [0, 0.1) is 6.92 Å². The molecule has 0 saturated heterocycles. The quantitative estimate of drug-likeness (QED) is 0.150. The number of halogens is 2. The average molecular weight is 749 g/mol. The molecular formula is C38H39Cl2N5O5S. The monoisotopic (exact) mass is 747 g/mol. The summed E-state index contributed by atoms with van der Waals surface area (Å²) < 4.78 is 30.7. The number of fused-ring (bicyclic) bond motifs is 2. The zero-order valence-corrected chi connectivity index (χ0v) is 30.9. The summed E-state index contributed by atoms with van der Waals surface area (Å²) in [6.45, 7) is 7.38. The third-order valence-corrected chi connectivity index (χ3v) is 11.3. The number of aliphatic hydroxyl groups excluding tert-OH is 1. The topological polar surface area (TPSA) is 125 Å². The van der Waals surface area contributed by atoms with Gasteiger partial charge >= 0.3 is 0 Å². The Morgan fingerprint density at radius 3 is 2.39 bits per heavy atom. The molecule has 13 heteroatoms.